The van der Waals surface area contributed by atoms with Gasteiger partial charge in [-0.1, -0.05) is 0 Å². The third-order valence-corrected chi connectivity index (χ3v) is 3.19. The molecule has 0 aliphatic carbocycles. The molecule has 0 aliphatic heterocycles. The fourth-order valence-corrected chi connectivity index (χ4v) is 1.40. The summed E-state index contributed by atoms with van der Waals surface area (Å²) in [6, 6.07) is 0. The molecule has 0 aromatic carbocycles. The van der Waals surface area contributed by atoms with Crippen LogP contribution in [0.25, 0.3) is 0 Å². The van der Waals surface area contributed by atoms with Crippen LogP contribution in [0.5, 0.6) is 0 Å². The smallest absolute Gasteiger partial charge is 0.481 e. The first kappa shape index (κ1) is 12.2. The standard InChI is InChI=1S/C5H7F3O4S/c1-3(2-4(9)10)13(11,12)5(6,7)8/h3H,2H2,1H3,(H,9,10). The van der Waals surface area contributed by atoms with Crippen molar-refractivity contribution >= 4 is 15.8 Å². The summed E-state index contributed by atoms with van der Waals surface area (Å²) >= 11 is 0. The Labute approximate surface area is 72.3 Å². The first-order valence-electron chi connectivity index (χ1n) is 3.11. The van der Waals surface area contributed by atoms with Crippen molar-refractivity contribution < 1.29 is 31.5 Å². The highest BCUT2D eigenvalue weighted by Crippen LogP contribution is 2.28. The molecule has 0 fully saturated rings. The molecule has 1 atom stereocenters. The van der Waals surface area contributed by atoms with Crippen molar-refractivity contribution in [2.45, 2.75) is 24.1 Å². The number of carboxylic acid groups (broad SMARTS) is 1. The minimum absolute atomic E-state index is 0.705. The zero-order chi connectivity index (χ0) is 10.9. The molecule has 1 N–H and O–H groups in total. The molecule has 1 unspecified atom stereocenters. The van der Waals surface area contributed by atoms with Crippen molar-refractivity contribution in [1.82, 2.24) is 0 Å². The third-order valence-electron chi connectivity index (χ3n) is 1.31. The first-order valence-corrected chi connectivity index (χ1v) is 4.65. The van der Waals surface area contributed by atoms with Gasteiger partial charge in [0.05, 0.1) is 11.7 Å². The van der Waals surface area contributed by atoms with Crippen LogP contribution >= 0.6 is 0 Å². The lowest BCUT2D eigenvalue weighted by Crippen LogP contribution is -2.33. The van der Waals surface area contributed by atoms with E-state index in [2.05, 4.69) is 0 Å². The molecule has 0 radical (unpaired) electrons. The quantitative estimate of drug-likeness (QED) is 0.763. The van der Waals surface area contributed by atoms with Gasteiger partial charge in [-0.15, -0.1) is 0 Å². The lowest BCUT2D eigenvalue weighted by atomic mass is 10.3. The van der Waals surface area contributed by atoms with Crippen LogP contribution in [-0.4, -0.2) is 30.3 Å². The number of rotatable bonds is 3. The van der Waals surface area contributed by atoms with Gasteiger partial charge >= 0.3 is 11.5 Å². The van der Waals surface area contributed by atoms with Crippen LogP contribution in [0.4, 0.5) is 13.2 Å². The highest BCUT2D eigenvalue weighted by atomic mass is 32.2. The van der Waals surface area contributed by atoms with Crippen LogP contribution in [0.15, 0.2) is 0 Å². The number of carbonyl (C=O) groups is 1. The van der Waals surface area contributed by atoms with Gasteiger partial charge in [0.25, 0.3) is 9.84 Å². The Hall–Kier alpha value is -0.790. The van der Waals surface area contributed by atoms with E-state index in [1.807, 2.05) is 0 Å². The molecule has 0 aliphatic rings. The number of hydrogen-bond donors (Lipinski definition) is 1. The molecule has 0 bridgehead atoms. The fourth-order valence-electron chi connectivity index (χ4n) is 0.584. The van der Waals surface area contributed by atoms with Gasteiger partial charge in [-0.05, 0) is 6.92 Å². The predicted molar refractivity (Wildman–Crippen MR) is 36.7 cm³/mol. The van der Waals surface area contributed by atoms with Gasteiger partial charge < -0.3 is 5.11 Å². The SMILES string of the molecule is CC(CC(=O)O)S(=O)(=O)C(F)(F)F. The lowest BCUT2D eigenvalue weighted by molar-refractivity contribution is -0.137. The molecule has 0 aromatic heterocycles. The van der Waals surface area contributed by atoms with E-state index in [1.54, 1.807) is 0 Å². The van der Waals surface area contributed by atoms with E-state index in [0.717, 1.165) is 0 Å². The maximum Gasteiger partial charge on any atom is 0.497 e. The van der Waals surface area contributed by atoms with E-state index in [4.69, 9.17) is 5.11 Å². The maximum atomic E-state index is 11.8. The van der Waals surface area contributed by atoms with E-state index in [9.17, 15) is 26.4 Å². The summed E-state index contributed by atoms with van der Waals surface area (Å²) in [5.41, 5.74) is -5.39. The number of carboxylic acids is 1. The normalized spacial score (nSPS) is 15.4. The molecule has 0 spiro atoms. The Morgan fingerprint density at radius 2 is 1.85 bits per heavy atom. The molecule has 0 rings (SSSR count). The van der Waals surface area contributed by atoms with Gasteiger partial charge in [0.1, 0.15) is 0 Å². The molecule has 4 nitrogen and oxygen atoms in total. The molecule has 0 saturated heterocycles. The zero-order valence-electron chi connectivity index (χ0n) is 6.50. The van der Waals surface area contributed by atoms with Crippen molar-refractivity contribution in [3.05, 3.63) is 0 Å². The Kier molecular flexibility index (Phi) is 3.31. The highest BCUT2D eigenvalue weighted by Gasteiger charge is 2.49. The first-order chi connectivity index (χ1) is 5.59. The van der Waals surface area contributed by atoms with E-state index in [1.165, 1.54) is 0 Å². The Morgan fingerprint density at radius 3 is 2.08 bits per heavy atom. The van der Waals surface area contributed by atoms with Gasteiger partial charge in [0.2, 0.25) is 0 Å². The van der Waals surface area contributed by atoms with Crippen molar-refractivity contribution in [2.75, 3.05) is 0 Å². The molecule has 0 heterocycles. The topological polar surface area (TPSA) is 71.4 Å². The van der Waals surface area contributed by atoms with Gasteiger partial charge in [0.15, 0.2) is 0 Å². The lowest BCUT2D eigenvalue weighted by Gasteiger charge is -2.12. The predicted octanol–water partition coefficient (Wildman–Crippen LogP) is 0.784. The average molecular weight is 220 g/mol. The molecular formula is C5H7F3O4S. The third kappa shape index (κ3) is 2.87. The van der Waals surface area contributed by atoms with Crippen LogP contribution in [0.1, 0.15) is 13.3 Å². The Balaban J connectivity index is 4.77. The fraction of sp³-hybridized carbons (Fsp3) is 0.800. The Morgan fingerprint density at radius 1 is 1.46 bits per heavy atom. The van der Waals surface area contributed by atoms with E-state index in [0.29, 0.717) is 6.92 Å². The second-order valence-electron chi connectivity index (χ2n) is 2.40. The number of halogens is 3. The molecular weight excluding hydrogens is 213 g/mol. The average Bonchev–Trinajstić information content (AvgIpc) is 1.82. The van der Waals surface area contributed by atoms with Gasteiger partial charge in [0, 0.05) is 0 Å². The molecule has 0 saturated carbocycles. The highest BCUT2D eigenvalue weighted by molar-refractivity contribution is 7.92. The van der Waals surface area contributed by atoms with E-state index >= 15 is 0 Å². The number of aliphatic carboxylic acids is 1. The molecule has 0 amide bonds. The van der Waals surface area contributed by atoms with Gasteiger partial charge in [-0.25, -0.2) is 8.42 Å². The monoisotopic (exact) mass is 220 g/mol. The summed E-state index contributed by atoms with van der Waals surface area (Å²) in [5, 5.41) is 6.13. The van der Waals surface area contributed by atoms with Gasteiger partial charge in [-0.3, -0.25) is 4.79 Å². The van der Waals surface area contributed by atoms with E-state index < -0.39 is 33.0 Å². The minimum Gasteiger partial charge on any atom is -0.481 e. The molecule has 0 aromatic rings. The number of hydrogen-bond acceptors (Lipinski definition) is 3. The number of alkyl halides is 3. The van der Waals surface area contributed by atoms with Crippen molar-refractivity contribution in [3.63, 3.8) is 0 Å². The van der Waals surface area contributed by atoms with Crippen LogP contribution in [0.2, 0.25) is 0 Å². The molecule has 8 heteroatoms. The van der Waals surface area contributed by atoms with Crippen LogP contribution < -0.4 is 0 Å². The van der Waals surface area contributed by atoms with Crippen molar-refractivity contribution in [3.8, 4) is 0 Å². The summed E-state index contributed by atoms with van der Waals surface area (Å²) in [5.74, 6) is -1.58. The summed E-state index contributed by atoms with van der Waals surface area (Å²) < 4.78 is 56.3. The van der Waals surface area contributed by atoms with Crippen LogP contribution in [0, 0.1) is 0 Å². The Bertz CT molecular complexity index is 291. The summed E-state index contributed by atoms with van der Waals surface area (Å²) in [7, 11) is -5.35. The van der Waals surface area contributed by atoms with Crippen molar-refractivity contribution in [1.29, 1.82) is 0 Å². The largest absolute Gasteiger partial charge is 0.497 e. The second-order valence-corrected chi connectivity index (χ2v) is 4.76. The summed E-state index contributed by atoms with van der Waals surface area (Å²) in [6.45, 7) is 0.705. The summed E-state index contributed by atoms with van der Waals surface area (Å²) in [4.78, 5) is 9.95. The van der Waals surface area contributed by atoms with Crippen LogP contribution in [0.3, 0.4) is 0 Å². The van der Waals surface area contributed by atoms with Crippen molar-refractivity contribution in [2.24, 2.45) is 0 Å². The van der Waals surface area contributed by atoms with E-state index in [-0.39, 0.29) is 0 Å². The maximum absolute atomic E-state index is 11.8. The number of sulfone groups is 1. The summed E-state index contributed by atoms with van der Waals surface area (Å²) in [6.07, 6.45) is -1.05. The minimum atomic E-state index is -5.39. The van der Waals surface area contributed by atoms with Gasteiger partial charge in [-0.2, -0.15) is 13.2 Å². The second kappa shape index (κ2) is 3.52. The molecule has 13 heavy (non-hydrogen) atoms. The van der Waals surface area contributed by atoms with Crippen LogP contribution in [-0.2, 0) is 14.6 Å². The zero-order valence-corrected chi connectivity index (χ0v) is 7.32. The molecule has 78 valence electrons.